The van der Waals surface area contributed by atoms with Crippen molar-refractivity contribution in [3.63, 3.8) is 0 Å². The van der Waals surface area contributed by atoms with Crippen LogP contribution < -0.4 is 10.2 Å². The SMILES string of the molecule is COC(=O)N[C@H]1CCC[C@@H]1[C@](C#N)(c1ccccc1)C1CCN(CC2CN(c3ccc(S(C)(=O)=O)cc3)C2)CC1. The number of carbonyl (C=O) groups excluding carboxylic acids is 1. The molecule has 1 saturated carbocycles. The molecule has 3 aliphatic rings. The molecule has 0 aromatic heterocycles. The molecule has 2 aromatic carbocycles. The molecule has 1 aliphatic carbocycles. The average Bonchev–Trinajstić information content (AvgIpc) is 3.40. The molecule has 0 bridgehead atoms. The van der Waals surface area contributed by atoms with E-state index in [9.17, 15) is 18.5 Å². The van der Waals surface area contributed by atoms with Crippen molar-refractivity contribution in [2.75, 3.05) is 51.0 Å². The minimum absolute atomic E-state index is 0.0461. The summed E-state index contributed by atoms with van der Waals surface area (Å²) in [6, 6.07) is 20.1. The molecule has 2 aliphatic heterocycles. The van der Waals surface area contributed by atoms with Crippen molar-refractivity contribution in [3.8, 4) is 6.07 Å². The van der Waals surface area contributed by atoms with Crippen molar-refractivity contribution in [1.29, 1.82) is 5.26 Å². The van der Waals surface area contributed by atoms with E-state index in [1.807, 2.05) is 30.3 Å². The van der Waals surface area contributed by atoms with Gasteiger partial charge < -0.3 is 19.9 Å². The summed E-state index contributed by atoms with van der Waals surface area (Å²) in [5.41, 5.74) is 1.48. The zero-order valence-electron chi connectivity index (χ0n) is 23.5. The maximum atomic E-state index is 12.1. The van der Waals surface area contributed by atoms with Gasteiger partial charge in [-0.3, -0.25) is 0 Å². The molecule has 2 aromatic rings. The molecule has 1 N–H and O–H groups in total. The number of hydrogen-bond donors (Lipinski definition) is 1. The summed E-state index contributed by atoms with van der Waals surface area (Å²) in [4.78, 5) is 17.3. The minimum Gasteiger partial charge on any atom is -0.453 e. The van der Waals surface area contributed by atoms with Gasteiger partial charge in [-0.1, -0.05) is 36.8 Å². The van der Waals surface area contributed by atoms with Crippen LogP contribution in [0.5, 0.6) is 0 Å². The maximum absolute atomic E-state index is 12.1. The lowest BCUT2D eigenvalue weighted by Gasteiger charge is -2.48. The van der Waals surface area contributed by atoms with Crippen LogP contribution in [0.25, 0.3) is 0 Å². The number of benzene rings is 2. The molecule has 0 spiro atoms. The van der Waals surface area contributed by atoms with Gasteiger partial charge in [0.1, 0.15) is 0 Å². The molecule has 2 saturated heterocycles. The molecule has 214 valence electrons. The number of ether oxygens (including phenoxy) is 1. The standard InChI is InChI=1S/C31H40N4O4S/c1-39-30(36)33-29-10-6-9-28(29)31(22-32,24-7-4-3-5-8-24)25-15-17-34(18-16-25)19-23-20-35(21-23)26-11-13-27(14-12-26)40(2,37)38/h3-5,7-8,11-14,23,25,28-29H,6,9-10,15-21H2,1-2H3,(H,33,36)/t28-,29-,31+/m0/s1. The van der Waals surface area contributed by atoms with E-state index >= 15 is 0 Å². The lowest BCUT2D eigenvalue weighted by atomic mass is 9.59. The third-order valence-corrected chi connectivity index (χ3v) is 10.5. The quantitative estimate of drug-likeness (QED) is 0.512. The number of nitriles is 1. The molecule has 0 unspecified atom stereocenters. The average molecular weight is 565 g/mol. The van der Waals surface area contributed by atoms with Crippen molar-refractivity contribution in [2.45, 2.75) is 48.5 Å². The summed E-state index contributed by atoms with van der Waals surface area (Å²) in [6.07, 6.45) is 5.48. The van der Waals surface area contributed by atoms with Gasteiger partial charge in [-0.2, -0.15) is 5.26 Å². The van der Waals surface area contributed by atoms with Crippen LogP contribution in [0.3, 0.4) is 0 Å². The van der Waals surface area contributed by atoms with E-state index in [4.69, 9.17) is 4.74 Å². The number of hydrogen-bond acceptors (Lipinski definition) is 7. The number of amides is 1. The van der Waals surface area contributed by atoms with E-state index in [1.165, 1.54) is 13.4 Å². The Morgan fingerprint density at radius 1 is 1.05 bits per heavy atom. The smallest absolute Gasteiger partial charge is 0.407 e. The molecule has 9 heteroatoms. The van der Waals surface area contributed by atoms with E-state index in [0.717, 1.165) is 76.1 Å². The van der Waals surface area contributed by atoms with Crippen molar-refractivity contribution < 1.29 is 17.9 Å². The third-order valence-electron chi connectivity index (χ3n) is 9.36. The topological polar surface area (TPSA) is 103 Å². The summed E-state index contributed by atoms with van der Waals surface area (Å²) >= 11 is 0. The fourth-order valence-electron chi connectivity index (χ4n) is 7.33. The molecule has 1 amide bonds. The third kappa shape index (κ3) is 5.70. The number of piperidine rings is 1. The Morgan fingerprint density at radius 2 is 1.73 bits per heavy atom. The Morgan fingerprint density at radius 3 is 2.33 bits per heavy atom. The van der Waals surface area contributed by atoms with Gasteiger partial charge in [0.05, 0.1) is 23.5 Å². The predicted molar refractivity (Wildman–Crippen MR) is 155 cm³/mol. The van der Waals surface area contributed by atoms with Gasteiger partial charge >= 0.3 is 6.09 Å². The Hall–Kier alpha value is -3.09. The molecule has 5 rings (SSSR count). The van der Waals surface area contributed by atoms with Crippen LogP contribution in [0.15, 0.2) is 59.5 Å². The Bertz CT molecular complexity index is 1310. The van der Waals surface area contributed by atoms with Crippen LogP contribution in [-0.4, -0.2) is 71.5 Å². The fourth-order valence-corrected chi connectivity index (χ4v) is 7.96. The van der Waals surface area contributed by atoms with Crippen molar-refractivity contribution in [3.05, 3.63) is 60.2 Å². The van der Waals surface area contributed by atoms with Gasteiger partial charge in [0, 0.05) is 49.5 Å². The van der Waals surface area contributed by atoms with Gasteiger partial charge in [-0.25, -0.2) is 13.2 Å². The van der Waals surface area contributed by atoms with Crippen LogP contribution in [0.4, 0.5) is 10.5 Å². The minimum atomic E-state index is -3.18. The van der Waals surface area contributed by atoms with E-state index in [0.29, 0.717) is 10.8 Å². The first kappa shape index (κ1) is 28.4. The summed E-state index contributed by atoms with van der Waals surface area (Å²) in [5.74, 6) is 0.835. The number of rotatable bonds is 8. The molecule has 2 heterocycles. The maximum Gasteiger partial charge on any atom is 0.407 e. The van der Waals surface area contributed by atoms with Crippen molar-refractivity contribution >= 4 is 21.6 Å². The summed E-state index contributed by atoms with van der Waals surface area (Å²) < 4.78 is 28.4. The first-order chi connectivity index (χ1) is 19.2. The largest absolute Gasteiger partial charge is 0.453 e. The highest BCUT2D eigenvalue weighted by molar-refractivity contribution is 7.90. The molecule has 0 radical (unpaired) electrons. The predicted octanol–water partition coefficient (Wildman–Crippen LogP) is 4.22. The van der Waals surface area contributed by atoms with Gasteiger partial charge in [-0.15, -0.1) is 0 Å². The van der Waals surface area contributed by atoms with E-state index < -0.39 is 21.3 Å². The van der Waals surface area contributed by atoms with Crippen molar-refractivity contribution in [2.24, 2.45) is 17.8 Å². The Balaban J connectivity index is 1.22. The van der Waals surface area contributed by atoms with Gasteiger partial charge in [-0.05, 0) is 74.5 Å². The fraction of sp³-hybridized carbons (Fsp3) is 0.548. The zero-order chi connectivity index (χ0) is 28.3. The van der Waals surface area contributed by atoms with E-state index in [1.54, 1.807) is 12.1 Å². The number of nitrogens with one attached hydrogen (secondary N) is 1. The number of nitrogens with zero attached hydrogens (tertiary/aromatic N) is 3. The number of carbonyl (C=O) groups is 1. The highest BCUT2D eigenvalue weighted by Gasteiger charge is 2.52. The second kappa shape index (κ2) is 11.8. The highest BCUT2D eigenvalue weighted by Crippen LogP contribution is 2.50. The second-order valence-corrected chi connectivity index (χ2v) is 13.8. The van der Waals surface area contributed by atoms with Crippen LogP contribution in [-0.2, 0) is 20.0 Å². The Labute approximate surface area is 238 Å². The molecule has 40 heavy (non-hydrogen) atoms. The van der Waals surface area contributed by atoms with E-state index in [2.05, 4.69) is 33.3 Å². The van der Waals surface area contributed by atoms with Crippen LogP contribution in [0, 0.1) is 29.1 Å². The van der Waals surface area contributed by atoms with Gasteiger partial charge in [0.15, 0.2) is 9.84 Å². The molecular formula is C31H40N4O4S. The summed E-state index contributed by atoms with van der Waals surface area (Å²) in [5, 5.41) is 13.9. The van der Waals surface area contributed by atoms with Crippen molar-refractivity contribution in [1.82, 2.24) is 10.2 Å². The summed E-state index contributed by atoms with van der Waals surface area (Å²) in [6.45, 7) is 4.89. The molecular weight excluding hydrogens is 524 g/mol. The second-order valence-electron chi connectivity index (χ2n) is 11.7. The highest BCUT2D eigenvalue weighted by atomic mass is 32.2. The normalized spacial score (nSPS) is 24.1. The first-order valence-corrected chi connectivity index (χ1v) is 16.2. The molecule has 3 atom stereocenters. The van der Waals surface area contributed by atoms with Crippen LogP contribution in [0.1, 0.15) is 37.7 Å². The number of likely N-dealkylation sites (tertiary alicyclic amines) is 1. The number of sulfone groups is 1. The number of methoxy groups -OCH3 is 1. The monoisotopic (exact) mass is 564 g/mol. The van der Waals surface area contributed by atoms with Crippen LogP contribution >= 0.6 is 0 Å². The lowest BCUT2D eigenvalue weighted by molar-refractivity contribution is 0.0939. The number of anilines is 1. The number of alkyl carbamates (subject to hydrolysis) is 1. The van der Waals surface area contributed by atoms with Crippen LogP contribution in [0.2, 0.25) is 0 Å². The summed E-state index contributed by atoms with van der Waals surface area (Å²) in [7, 11) is -1.80. The van der Waals surface area contributed by atoms with E-state index in [-0.39, 0.29) is 17.9 Å². The van der Waals surface area contributed by atoms with Gasteiger partial charge in [0.25, 0.3) is 0 Å². The molecule has 3 fully saturated rings. The first-order valence-electron chi connectivity index (χ1n) is 14.3. The molecule has 8 nitrogen and oxygen atoms in total. The lowest BCUT2D eigenvalue weighted by Crippen LogP contribution is -2.55. The zero-order valence-corrected chi connectivity index (χ0v) is 24.3. The Kier molecular flexibility index (Phi) is 8.39. The van der Waals surface area contributed by atoms with Gasteiger partial charge in [0.2, 0.25) is 0 Å².